The average Bonchev–Trinajstić information content (AvgIpc) is 3.24. The maximum Gasteiger partial charge on any atom is 0.309 e. The highest BCUT2D eigenvalue weighted by atomic mass is 19.1. The molecule has 0 radical (unpaired) electrons. The van der Waals surface area contributed by atoms with E-state index in [1.165, 1.54) is 30.6 Å². The molecular weight excluding hydrogens is 492 g/mol. The topological polar surface area (TPSA) is 105 Å². The van der Waals surface area contributed by atoms with E-state index in [1.54, 1.807) is 22.9 Å². The van der Waals surface area contributed by atoms with Crippen LogP contribution in [0.25, 0.3) is 22.3 Å². The van der Waals surface area contributed by atoms with Crippen LogP contribution in [0.1, 0.15) is 52.5 Å². The van der Waals surface area contributed by atoms with Gasteiger partial charge < -0.3 is 15.2 Å². The summed E-state index contributed by atoms with van der Waals surface area (Å²) >= 11 is 0. The van der Waals surface area contributed by atoms with Crippen molar-refractivity contribution in [1.82, 2.24) is 19.7 Å². The SMILES string of the molecule is CC(C)(C)OC(=O)C1CCC(n2nc(-c3ccc(Oc4cccc(F)c4)cc3F)c3c(N)ncnc32)CC1. The fraction of sp³-hybridized carbons (Fsp3) is 0.357. The summed E-state index contributed by atoms with van der Waals surface area (Å²) in [6, 6.07) is 9.92. The van der Waals surface area contributed by atoms with Crippen molar-refractivity contribution in [3.63, 3.8) is 0 Å². The molecule has 2 heterocycles. The van der Waals surface area contributed by atoms with E-state index in [2.05, 4.69) is 9.97 Å². The molecule has 0 spiro atoms. The second-order valence-electron chi connectivity index (χ2n) is 10.5. The fourth-order valence-electron chi connectivity index (χ4n) is 4.80. The second kappa shape index (κ2) is 10.00. The fourth-order valence-corrected chi connectivity index (χ4v) is 4.80. The summed E-state index contributed by atoms with van der Waals surface area (Å²) in [5.74, 6) is -0.727. The minimum atomic E-state index is -0.581. The molecule has 1 saturated carbocycles. The van der Waals surface area contributed by atoms with Gasteiger partial charge in [-0.1, -0.05) is 6.07 Å². The van der Waals surface area contributed by atoms with E-state index in [9.17, 15) is 9.18 Å². The quantitative estimate of drug-likeness (QED) is 0.311. The molecule has 0 saturated heterocycles. The predicted octanol–water partition coefficient (Wildman–Crippen LogP) is 6.22. The van der Waals surface area contributed by atoms with Crippen LogP contribution in [0.15, 0.2) is 48.8 Å². The molecule has 1 aliphatic carbocycles. The van der Waals surface area contributed by atoms with Crippen molar-refractivity contribution >= 4 is 22.8 Å². The van der Waals surface area contributed by atoms with Gasteiger partial charge in [-0.3, -0.25) is 4.79 Å². The molecule has 2 aromatic carbocycles. The minimum Gasteiger partial charge on any atom is -0.460 e. The number of halogens is 2. The number of carbonyl (C=O) groups excluding carboxylic acids is 1. The van der Waals surface area contributed by atoms with Crippen LogP contribution in [0.2, 0.25) is 0 Å². The number of hydrogen-bond donors (Lipinski definition) is 1. The van der Waals surface area contributed by atoms with Crippen LogP contribution in [0.3, 0.4) is 0 Å². The Balaban J connectivity index is 1.43. The molecule has 10 heteroatoms. The number of benzene rings is 2. The lowest BCUT2D eigenvalue weighted by Gasteiger charge is -2.30. The zero-order valence-electron chi connectivity index (χ0n) is 21.4. The third-order valence-electron chi connectivity index (χ3n) is 6.53. The average molecular weight is 522 g/mol. The Morgan fingerprint density at radius 1 is 1.03 bits per heavy atom. The van der Waals surface area contributed by atoms with Gasteiger partial charge in [-0.05, 0) is 70.7 Å². The predicted molar refractivity (Wildman–Crippen MR) is 138 cm³/mol. The van der Waals surface area contributed by atoms with Crippen LogP contribution in [0, 0.1) is 17.6 Å². The van der Waals surface area contributed by atoms with Crippen LogP contribution in [-0.2, 0) is 9.53 Å². The molecule has 0 bridgehead atoms. The van der Waals surface area contributed by atoms with E-state index in [0.717, 1.165) is 0 Å². The molecule has 4 aromatic rings. The third-order valence-corrected chi connectivity index (χ3v) is 6.53. The smallest absolute Gasteiger partial charge is 0.309 e. The van der Waals surface area contributed by atoms with Crippen molar-refractivity contribution in [2.24, 2.45) is 5.92 Å². The summed E-state index contributed by atoms with van der Waals surface area (Å²) < 4.78 is 41.8. The molecule has 1 aliphatic rings. The number of anilines is 1. The zero-order chi connectivity index (χ0) is 27.0. The summed E-state index contributed by atoms with van der Waals surface area (Å²) in [6.45, 7) is 5.58. The molecule has 8 nitrogen and oxygen atoms in total. The van der Waals surface area contributed by atoms with Crippen LogP contribution < -0.4 is 10.5 Å². The van der Waals surface area contributed by atoms with Gasteiger partial charge in [0.05, 0.1) is 17.3 Å². The number of nitrogens with zero attached hydrogens (tertiary/aromatic N) is 4. The maximum atomic E-state index is 15.4. The highest BCUT2D eigenvalue weighted by Crippen LogP contribution is 2.39. The Bertz CT molecular complexity index is 1490. The van der Waals surface area contributed by atoms with E-state index >= 15 is 4.39 Å². The molecule has 198 valence electrons. The number of rotatable bonds is 5. The standard InChI is InChI=1S/C28H29F2N5O3/c1-28(2,3)38-27(36)16-7-9-18(10-8-16)35-26-23(25(31)32-15-33-26)24(34-35)21-12-11-20(14-22(21)30)37-19-6-4-5-17(29)13-19/h4-6,11-16,18H,7-10H2,1-3H3,(H2,31,32,33). The Hall–Kier alpha value is -4.08. The monoisotopic (exact) mass is 521 g/mol. The van der Waals surface area contributed by atoms with Crippen LogP contribution in [-0.4, -0.2) is 31.3 Å². The van der Waals surface area contributed by atoms with Crippen LogP contribution in [0.5, 0.6) is 11.5 Å². The first-order chi connectivity index (χ1) is 18.1. The number of ether oxygens (including phenoxy) is 2. The van der Waals surface area contributed by atoms with Gasteiger partial charge in [-0.2, -0.15) is 5.10 Å². The second-order valence-corrected chi connectivity index (χ2v) is 10.5. The molecular formula is C28H29F2N5O3. The molecule has 2 aromatic heterocycles. The lowest BCUT2D eigenvalue weighted by atomic mass is 9.86. The van der Waals surface area contributed by atoms with Gasteiger partial charge in [0.2, 0.25) is 0 Å². The number of nitrogens with two attached hydrogens (primary N) is 1. The Labute approximate surface area is 218 Å². The van der Waals surface area contributed by atoms with Crippen molar-refractivity contribution in [2.75, 3.05) is 5.73 Å². The number of aromatic nitrogens is 4. The molecule has 38 heavy (non-hydrogen) atoms. The lowest BCUT2D eigenvalue weighted by Crippen LogP contribution is -2.31. The van der Waals surface area contributed by atoms with E-state index in [0.29, 0.717) is 42.4 Å². The van der Waals surface area contributed by atoms with Gasteiger partial charge in [0.15, 0.2) is 5.65 Å². The van der Waals surface area contributed by atoms with Crippen LogP contribution in [0.4, 0.5) is 14.6 Å². The summed E-state index contributed by atoms with van der Waals surface area (Å²) in [5, 5.41) is 5.20. The van der Waals surface area contributed by atoms with Crippen molar-refractivity contribution in [1.29, 1.82) is 0 Å². The van der Waals surface area contributed by atoms with E-state index in [1.807, 2.05) is 20.8 Å². The van der Waals surface area contributed by atoms with Gasteiger partial charge in [-0.15, -0.1) is 0 Å². The number of nitrogen functional groups attached to an aromatic ring is 1. The van der Waals surface area contributed by atoms with Crippen molar-refractivity contribution in [3.05, 3.63) is 60.4 Å². The van der Waals surface area contributed by atoms with E-state index in [4.69, 9.17) is 20.3 Å². The Morgan fingerprint density at radius 2 is 1.76 bits per heavy atom. The Morgan fingerprint density at radius 3 is 2.45 bits per heavy atom. The molecule has 5 rings (SSSR count). The molecule has 1 fully saturated rings. The molecule has 0 atom stereocenters. The van der Waals surface area contributed by atoms with E-state index < -0.39 is 17.2 Å². The largest absolute Gasteiger partial charge is 0.460 e. The van der Waals surface area contributed by atoms with Gasteiger partial charge in [-0.25, -0.2) is 23.4 Å². The minimum absolute atomic E-state index is 0.0436. The van der Waals surface area contributed by atoms with Gasteiger partial charge in [0.1, 0.15) is 46.6 Å². The van der Waals surface area contributed by atoms with Crippen molar-refractivity contribution < 1.29 is 23.0 Å². The van der Waals surface area contributed by atoms with Crippen LogP contribution >= 0.6 is 0 Å². The summed E-state index contributed by atoms with van der Waals surface area (Å²) in [4.78, 5) is 21.1. The number of hydrogen-bond acceptors (Lipinski definition) is 7. The number of carbonyl (C=O) groups is 1. The number of fused-ring (bicyclic) bond motifs is 1. The van der Waals surface area contributed by atoms with Gasteiger partial charge in [0.25, 0.3) is 0 Å². The third kappa shape index (κ3) is 5.29. The first-order valence-electron chi connectivity index (χ1n) is 12.5. The molecule has 0 unspecified atom stereocenters. The first-order valence-corrected chi connectivity index (χ1v) is 12.5. The molecule has 0 amide bonds. The normalized spacial score (nSPS) is 17.9. The zero-order valence-corrected chi connectivity index (χ0v) is 21.4. The summed E-state index contributed by atoms with van der Waals surface area (Å²) in [5.41, 5.74) is 6.72. The molecule has 0 aliphatic heterocycles. The van der Waals surface area contributed by atoms with E-state index in [-0.39, 0.29) is 40.8 Å². The van der Waals surface area contributed by atoms with Crippen molar-refractivity contribution in [2.45, 2.75) is 58.1 Å². The van der Waals surface area contributed by atoms with Gasteiger partial charge in [0, 0.05) is 17.7 Å². The summed E-state index contributed by atoms with van der Waals surface area (Å²) in [7, 11) is 0. The highest BCUT2D eigenvalue weighted by molar-refractivity contribution is 5.98. The van der Waals surface area contributed by atoms with Gasteiger partial charge >= 0.3 is 5.97 Å². The Kier molecular flexibility index (Phi) is 6.73. The maximum absolute atomic E-state index is 15.4. The van der Waals surface area contributed by atoms with Crippen molar-refractivity contribution in [3.8, 4) is 22.8 Å². The number of esters is 1. The molecule has 2 N–H and O–H groups in total. The highest BCUT2D eigenvalue weighted by Gasteiger charge is 2.32. The first kappa shape index (κ1) is 25.6. The lowest BCUT2D eigenvalue weighted by molar-refractivity contribution is -0.161. The summed E-state index contributed by atoms with van der Waals surface area (Å²) in [6.07, 6.45) is 4.03.